The minimum Gasteiger partial charge on any atom is -0.395 e. The Morgan fingerprint density at radius 3 is 2.62 bits per heavy atom. The van der Waals surface area contributed by atoms with Crippen LogP contribution in [-0.4, -0.2) is 42.5 Å². The van der Waals surface area contributed by atoms with Crippen LogP contribution in [0.2, 0.25) is 0 Å². The second-order valence-electron chi connectivity index (χ2n) is 6.24. The lowest BCUT2D eigenvalue weighted by molar-refractivity contribution is 0.136. The summed E-state index contributed by atoms with van der Waals surface area (Å²) in [6.07, 6.45) is 7.34. The highest BCUT2D eigenvalue weighted by atomic mass is 32.2. The van der Waals surface area contributed by atoms with Crippen LogP contribution in [0.5, 0.6) is 0 Å². The third-order valence-electron chi connectivity index (χ3n) is 4.38. The fraction of sp³-hybridized carbons (Fsp3) is 0.812. The van der Waals surface area contributed by atoms with Gasteiger partial charge in [-0.05, 0) is 6.42 Å². The molecule has 7 nitrogen and oxygen atoms in total. The minimum absolute atomic E-state index is 0.144. The predicted octanol–water partition coefficient (Wildman–Crippen LogP) is 1.12. The number of thioether (sulfide) groups is 1. The van der Waals surface area contributed by atoms with E-state index in [4.69, 9.17) is 0 Å². The van der Waals surface area contributed by atoms with Crippen molar-refractivity contribution in [1.29, 1.82) is 0 Å². The van der Waals surface area contributed by atoms with Gasteiger partial charge < -0.3 is 10.2 Å². The van der Waals surface area contributed by atoms with Crippen molar-refractivity contribution in [3.8, 4) is 0 Å². The number of hydrogen-bond acceptors (Lipinski definition) is 6. The van der Waals surface area contributed by atoms with Crippen LogP contribution in [0.4, 0.5) is 0 Å². The van der Waals surface area contributed by atoms with Gasteiger partial charge in [0.25, 0.3) is 5.56 Å². The van der Waals surface area contributed by atoms with E-state index in [1.54, 1.807) is 0 Å². The Morgan fingerprint density at radius 1 is 1.25 bits per heavy atom. The Balaban J connectivity index is 2.02. The minimum atomic E-state index is -0.669. The molecule has 1 saturated heterocycles. The summed E-state index contributed by atoms with van der Waals surface area (Å²) in [5.41, 5.74) is -0.814. The maximum absolute atomic E-state index is 12.6. The number of aliphatic hydroxyl groups excluding tert-OH is 2. The van der Waals surface area contributed by atoms with Crippen molar-refractivity contribution in [3.63, 3.8) is 0 Å². The fourth-order valence-electron chi connectivity index (χ4n) is 2.93. The maximum atomic E-state index is 12.6. The van der Waals surface area contributed by atoms with Gasteiger partial charge in [-0.15, -0.1) is 11.8 Å². The summed E-state index contributed by atoms with van der Waals surface area (Å²) in [4.78, 5) is 24.5. The lowest BCUT2D eigenvalue weighted by Crippen LogP contribution is -2.41. The van der Waals surface area contributed by atoms with E-state index in [1.807, 2.05) is 0 Å². The molecule has 1 fully saturated rings. The molecule has 0 bridgehead atoms. The molecule has 1 aromatic rings. The van der Waals surface area contributed by atoms with Crippen LogP contribution in [-0.2, 0) is 6.54 Å². The van der Waals surface area contributed by atoms with E-state index in [2.05, 4.69) is 12.0 Å². The Labute approximate surface area is 145 Å². The zero-order valence-corrected chi connectivity index (χ0v) is 15.0. The monoisotopic (exact) mass is 357 g/mol. The molecule has 8 heteroatoms. The molecule has 24 heavy (non-hydrogen) atoms. The zero-order chi connectivity index (χ0) is 17.5. The molecular formula is C16H27N3O4S. The molecule has 0 spiro atoms. The molecule has 2 N–H and O–H groups in total. The lowest BCUT2D eigenvalue weighted by atomic mass is 10.1. The summed E-state index contributed by atoms with van der Waals surface area (Å²) in [5, 5.41) is 22.4. The molecular weight excluding hydrogens is 330 g/mol. The van der Waals surface area contributed by atoms with Gasteiger partial charge in [0.2, 0.25) is 0 Å². The van der Waals surface area contributed by atoms with E-state index in [1.165, 1.54) is 40.3 Å². The number of nitrogens with zero attached hydrogens (tertiary/aromatic N) is 3. The molecule has 2 heterocycles. The van der Waals surface area contributed by atoms with Crippen molar-refractivity contribution in [1.82, 2.24) is 14.3 Å². The van der Waals surface area contributed by atoms with Crippen LogP contribution in [0.25, 0.3) is 0 Å². The second-order valence-corrected chi connectivity index (χ2v) is 7.67. The van der Waals surface area contributed by atoms with Gasteiger partial charge in [-0.1, -0.05) is 39.0 Å². The lowest BCUT2D eigenvalue weighted by Gasteiger charge is -2.13. The first-order valence-corrected chi connectivity index (χ1v) is 9.65. The average Bonchev–Trinajstić information content (AvgIpc) is 2.94. The summed E-state index contributed by atoms with van der Waals surface area (Å²) in [6, 6.07) is 0. The Hall–Kier alpha value is -1.12. The largest absolute Gasteiger partial charge is 0.395 e. The fourth-order valence-corrected chi connectivity index (χ4v) is 4.28. The molecule has 1 aliphatic heterocycles. The SMILES string of the molecule is CCCCCCCCn1c(=O)cnn([C@H]2C[C@H](O)[C@@H](CO)S2)c1=O. The standard InChI is InChI=1S/C16H27N3O4S/c1-2-3-4-5-6-7-8-18-14(22)10-17-19(16(18)23)15-9-12(21)13(11-20)24-15/h10,12-13,15,20-21H,2-9,11H2,1H3/t12-,13+,15+/m0/s1. The molecule has 1 aliphatic rings. The second kappa shape index (κ2) is 9.39. The van der Waals surface area contributed by atoms with E-state index < -0.39 is 11.8 Å². The van der Waals surface area contributed by atoms with E-state index in [0.717, 1.165) is 25.5 Å². The van der Waals surface area contributed by atoms with Crippen molar-refractivity contribution in [2.24, 2.45) is 0 Å². The van der Waals surface area contributed by atoms with Gasteiger partial charge >= 0.3 is 5.69 Å². The first-order valence-electron chi connectivity index (χ1n) is 8.71. The van der Waals surface area contributed by atoms with Gasteiger partial charge in [0.05, 0.1) is 18.0 Å². The van der Waals surface area contributed by atoms with Crippen LogP contribution < -0.4 is 11.2 Å². The molecule has 3 atom stereocenters. The molecule has 1 aromatic heterocycles. The highest BCUT2D eigenvalue weighted by Crippen LogP contribution is 2.39. The molecule has 0 unspecified atom stereocenters. The maximum Gasteiger partial charge on any atom is 0.348 e. The first-order chi connectivity index (χ1) is 11.6. The highest BCUT2D eigenvalue weighted by Gasteiger charge is 2.35. The van der Waals surface area contributed by atoms with Crippen molar-refractivity contribution in [3.05, 3.63) is 27.0 Å². The third kappa shape index (κ3) is 4.70. The topological polar surface area (TPSA) is 97.3 Å². The summed E-state index contributed by atoms with van der Waals surface area (Å²) >= 11 is 1.32. The molecule has 0 radical (unpaired) electrons. The van der Waals surface area contributed by atoms with Crippen LogP contribution in [0.15, 0.2) is 15.8 Å². The van der Waals surface area contributed by atoms with Gasteiger partial charge in [-0.2, -0.15) is 5.10 Å². The van der Waals surface area contributed by atoms with Gasteiger partial charge in [-0.3, -0.25) is 9.36 Å². The van der Waals surface area contributed by atoms with E-state index in [-0.39, 0.29) is 22.8 Å². The zero-order valence-electron chi connectivity index (χ0n) is 14.1. The number of aliphatic hydroxyl groups is 2. The molecule has 0 saturated carbocycles. The van der Waals surface area contributed by atoms with Crippen LogP contribution in [0, 0.1) is 0 Å². The summed E-state index contributed by atoms with van der Waals surface area (Å²) in [7, 11) is 0. The van der Waals surface area contributed by atoms with Crippen molar-refractivity contribution < 1.29 is 10.2 Å². The predicted molar refractivity (Wildman–Crippen MR) is 94.3 cm³/mol. The van der Waals surface area contributed by atoms with Gasteiger partial charge in [-0.25, -0.2) is 9.48 Å². The number of rotatable bonds is 9. The van der Waals surface area contributed by atoms with Crippen molar-refractivity contribution in [2.75, 3.05) is 6.61 Å². The molecule has 0 amide bonds. The van der Waals surface area contributed by atoms with Crippen LogP contribution in [0.3, 0.4) is 0 Å². The highest BCUT2D eigenvalue weighted by molar-refractivity contribution is 8.00. The van der Waals surface area contributed by atoms with Crippen LogP contribution >= 0.6 is 11.8 Å². The summed E-state index contributed by atoms with van der Waals surface area (Å²) in [6.45, 7) is 2.42. The molecule has 0 aromatic carbocycles. The number of hydrogen-bond donors (Lipinski definition) is 2. The normalized spacial score (nSPS) is 23.7. The summed E-state index contributed by atoms with van der Waals surface area (Å²) < 4.78 is 2.49. The first kappa shape index (κ1) is 19.2. The molecule has 2 rings (SSSR count). The van der Waals surface area contributed by atoms with Gasteiger partial charge in [0, 0.05) is 13.0 Å². The smallest absolute Gasteiger partial charge is 0.348 e. The molecule has 136 valence electrons. The van der Waals surface area contributed by atoms with Crippen molar-refractivity contribution in [2.45, 2.75) is 75.1 Å². The Morgan fingerprint density at radius 2 is 1.96 bits per heavy atom. The number of aromatic nitrogens is 3. The van der Waals surface area contributed by atoms with E-state index >= 15 is 0 Å². The Kier molecular flexibility index (Phi) is 7.51. The van der Waals surface area contributed by atoms with Gasteiger partial charge in [0.1, 0.15) is 11.6 Å². The number of unbranched alkanes of at least 4 members (excludes halogenated alkanes) is 5. The third-order valence-corrected chi connectivity index (χ3v) is 5.90. The average molecular weight is 357 g/mol. The Bertz CT molecular complexity index is 630. The molecule has 0 aliphatic carbocycles. The van der Waals surface area contributed by atoms with E-state index in [0.29, 0.717) is 13.0 Å². The van der Waals surface area contributed by atoms with E-state index in [9.17, 15) is 19.8 Å². The van der Waals surface area contributed by atoms with Crippen LogP contribution in [0.1, 0.15) is 57.2 Å². The summed E-state index contributed by atoms with van der Waals surface area (Å²) in [5.74, 6) is 0. The van der Waals surface area contributed by atoms with Crippen molar-refractivity contribution >= 4 is 11.8 Å². The quantitative estimate of drug-likeness (QED) is 0.643. The van der Waals surface area contributed by atoms with Gasteiger partial charge in [0.15, 0.2) is 0 Å².